The van der Waals surface area contributed by atoms with Crippen LogP contribution in [-0.2, 0) is 13.0 Å². The maximum Gasteiger partial charge on any atom is 0.278 e. The zero-order valence-corrected chi connectivity index (χ0v) is 17.4. The van der Waals surface area contributed by atoms with Crippen molar-refractivity contribution < 1.29 is 4.79 Å². The summed E-state index contributed by atoms with van der Waals surface area (Å²) in [7, 11) is 0. The highest BCUT2D eigenvalue weighted by Gasteiger charge is 2.26. The molecule has 0 saturated carbocycles. The van der Waals surface area contributed by atoms with Gasteiger partial charge in [0.25, 0.3) is 5.91 Å². The second-order valence-electron chi connectivity index (χ2n) is 7.97. The van der Waals surface area contributed by atoms with E-state index in [-0.39, 0.29) is 17.6 Å². The number of aryl methyl sites for hydroxylation is 2. The third-order valence-corrected chi connectivity index (χ3v) is 5.80. The quantitative estimate of drug-likeness (QED) is 0.537. The predicted molar refractivity (Wildman–Crippen MR) is 118 cm³/mol. The highest BCUT2D eigenvalue weighted by Crippen LogP contribution is 2.35. The number of carbonyl (C=O) groups is 1. The van der Waals surface area contributed by atoms with Gasteiger partial charge in [0.15, 0.2) is 5.69 Å². The predicted octanol–water partition coefficient (Wildman–Crippen LogP) is 4.01. The molecule has 156 valence electrons. The Labute approximate surface area is 180 Å². The molecule has 0 bridgehead atoms. The van der Waals surface area contributed by atoms with Crippen LogP contribution in [0.2, 0.25) is 0 Å². The molecule has 0 radical (unpaired) electrons. The van der Waals surface area contributed by atoms with Crippen LogP contribution in [0.5, 0.6) is 0 Å². The van der Waals surface area contributed by atoms with Crippen LogP contribution in [0, 0.1) is 6.92 Å². The second-order valence-corrected chi connectivity index (χ2v) is 7.97. The van der Waals surface area contributed by atoms with Crippen molar-refractivity contribution in [3.8, 4) is 0 Å². The number of carbonyl (C=O) groups excluding carboxylic acids is 1. The number of nitrogens with one attached hydrogen (secondary N) is 1. The average Bonchev–Trinajstić information content (AvgIpc) is 3.41. The number of benzene rings is 2. The van der Waals surface area contributed by atoms with Gasteiger partial charge in [-0.15, -0.1) is 5.10 Å². The van der Waals surface area contributed by atoms with Crippen molar-refractivity contribution in [2.24, 2.45) is 0 Å². The van der Waals surface area contributed by atoms with E-state index < -0.39 is 0 Å². The summed E-state index contributed by atoms with van der Waals surface area (Å²) in [6.07, 6.45) is 6.66. The van der Waals surface area contributed by atoms with Crippen LogP contribution >= 0.6 is 0 Å². The zero-order chi connectivity index (χ0) is 21.2. The molecule has 1 amide bonds. The number of anilines is 1. The van der Waals surface area contributed by atoms with E-state index in [2.05, 4.69) is 45.0 Å². The van der Waals surface area contributed by atoms with E-state index in [1.807, 2.05) is 41.9 Å². The number of hydrogen-bond acceptors (Lipinski definition) is 4. The molecule has 0 spiro atoms. The van der Waals surface area contributed by atoms with Crippen molar-refractivity contribution in [2.75, 3.05) is 5.32 Å². The average molecular weight is 412 g/mol. The number of nitrogens with zero attached hydrogens (tertiary/aromatic N) is 5. The molecule has 7 heteroatoms. The summed E-state index contributed by atoms with van der Waals surface area (Å²) in [5.74, 6) is 0.428. The molecule has 5 rings (SSSR count). The normalized spacial score (nSPS) is 15.5. The van der Waals surface area contributed by atoms with Gasteiger partial charge in [-0.25, -0.2) is 9.36 Å². The van der Waals surface area contributed by atoms with Gasteiger partial charge in [0.2, 0.25) is 0 Å². The Hall–Kier alpha value is -3.74. The lowest BCUT2D eigenvalue weighted by atomic mass is 9.88. The fourth-order valence-electron chi connectivity index (χ4n) is 4.24. The third-order valence-electron chi connectivity index (χ3n) is 5.80. The third kappa shape index (κ3) is 3.86. The lowest BCUT2D eigenvalue weighted by Gasteiger charge is -2.27. The molecule has 1 N–H and O–H groups in total. The van der Waals surface area contributed by atoms with Gasteiger partial charge < -0.3 is 5.32 Å². The molecule has 1 atom stereocenters. The van der Waals surface area contributed by atoms with E-state index in [4.69, 9.17) is 0 Å². The summed E-state index contributed by atoms with van der Waals surface area (Å²) in [6, 6.07) is 18.6. The molecule has 2 aromatic heterocycles. The van der Waals surface area contributed by atoms with Crippen LogP contribution in [0.1, 0.15) is 51.6 Å². The number of aromatic nitrogens is 5. The van der Waals surface area contributed by atoms with Gasteiger partial charge in [0.1, 0.15) is 5.82 Å². The Balaban J connectivity index is 1.37. The van der Waals surface area contributed by atoms with Crippen molar-refractivity contribution in [3.05, 3.63) is 94.9 Å². The smallest absolute Gasteiger partial charge is 0.278 e. The van der Waals surface area contributed by atoms with E-state index >= 15 is 0 Å². The van der Waals surface area contributed by atoms with Crippen molar-refractivity contribution in [1.29, 1.82) is 0 Å². The Morgan fingerprint density at radius 2 is 1.94 bits per heavy atom. The van der Waals surface area contributed by atoms with Gasteiger partial charge in [-0.1, -0.05) is 59.8 Å². The van der Waals surface area contributed by atoms with Crippen LogP contribution in [0.15, 0.2) is 67.0 Å². The molecule has 4 aromatic rings. The second kappa shape index (κ2) is 8.18. The summed E-state index contributed by atoms with van der Waals surface area (Å²) >= 11 is 0. The molecule has 1 aliphatic rings. The monoisotopic (exact) mass is 412 g/mol. The van der Waals surface area contributed by atoms with Crippen LogP contribution in [0.4, 0.5) is 5.82 Å². The highest BCUT2D eigenvalue weighted by atomic mass is 16.2. The number of hydrogen-bond donors (Lipinski definition) is 1. The van der Waals surface area contributed by atoms with Gasteiger partial charge in [0.05, 0.1) is 25.0 Å². The Morgan fingerprint density at radius 3 is 2.81 bits per heavy atom. The standard InChI is InChI=1S/C24H24N6O/c1-17-14-25-30(22-13-7-11-19-10-5-6-12-20(19)22)23(17)26-24(31)21-16-29(28-27-21)15-18-8-3-2-4-9-18/h2-6,8-10,12,14,16,22H,7,11,13,15H2,1H3,(H,26,31). The van der Waals surface area contributed by atoms with Crippen LogP contribution < -0.4 is 5.32 Å². The largest absolute Gasteiger partial charge is 0.305 e. The minimum Gasteiger partial charge on any atom is -0.305 e. The summed E-state index contributed by atoms with van der Waals surface area (Å²) < 4.78 is 3.62. The van der Waals surface area contributed by atoms with Crippen LogP contribution in [0.25, 0.3) is 0 Å². The number of fused-ring (bicyclic) bond motifs is 1. The summed E-state index contributed by atoms with van der Waals surface area (Å²) in [5, 5.41) is 15.8. The molecule has 1 unspecified atom stereocenters. The minimum absolute atomic E-state index is 0.114. The van der Waals surface area contributed by atoms with E-state index in [0.717, 1.165) is 30.4 Å². The first-order valence-electron chi connectivity index (χ1n) is 10.6. The molecule has 31 heavy (non-hydrogen) atoms. The lowest BCUT2D eigenvalue weighted by molar-refractivity contribution is 0.102. The molecule has 0 fully saturated rings. The first-order chi connectivity index (χ1) is 15.2. The van der Waals surface area contributed by atoms with Crippen LogP contribution in [0.3, 0.4) is 0 Å². The van der Waals surface area contributed by atoms with E-state index in [9.17, 15) is 4.79 Å². The van der Waals surface area contributed by atoms with Crippen molar-refractivity contribution in [3.63, 3.8) is 0 Å². The molecular formula is C24H24N6O. The molecule has 0 aliphatic heterocycles. The highest BCUT2D eigenvalue weighted by molar-refractivity contribution is 6.02. The molecule has 1 aliphatic carbocycles. The summed E-state index contributed by atoms with van der Waals surface area (Å²) in [4.78, 5) is 12.9. The van der Waals surface area contributed by atoms with Gasteiger partial charge >= 0.3 is 0 Å². The molecule has 2 aromatic carbocycles. The first-order valence-corrected chi connectivity index (χ1v) is 10.6. The molecular weight excluding hydrogens is 388 g/mol. The fraction of sp³-hybridized carbons (Fsp3) is 0.250. The first kappa shape index (κ1) is 19.2. The Kier molecular flexibility index (Phi) is 5.08. The zero-order valence-electron chi connectivity index (χ0n) is 17.4. The van der Waals surface area contributed by atoms with Crippen molar-refractivity contribution >= 4 is 11.7 Å². The Morgan fingerprint density at radius 1 is 1.13 bits per heavy atom. The maximum absolute atomic E-state index is 12.9. The minimum atomic E-state index is -0.284. The fourth-order valence-corrected chi connectivity index (χ4v) is 4.24. The van der Waals surface area contributed by atoms with E-state index in [0.29, 0.717) is 12.4 Å². The Bertz CT molecular complexity index is 1210. The molecule has 0 saturated heterocycles. The van der Waals surface area contributed by atoms with Gasteiger partial charge in [0, 0.05) is 5.56 Å². The molecule has 2 heterocycles. The maximum atomic E-state index is 12.9. The number of rotatable bonds is 5. The SMILES string of the molecule is Cc1cnn(C2CCCc3ccccc32)c1NC(=O)c1cn(Cc2ccccc2)nn1. The van der Waals surface area contributed by atoms with Crippen molar-refractivity contribution in [1.82, 2.24) is 24.8 Å². The number of amides is 1. The van der Waals surface area contributed by atoms with Gasteiger partial charge in [-0.3, -0.25) is 4.79 Å². The lowest BCUT2D eigenvalue weighted by Crippen LogP contribution is -2.23. The topological polar surface area (TPSA) is 77.6 Å². The van der Waals surface area contributed by atoms with Crippen molar-refractivity contribution in [2.45, 2.75) is 38.8 Å². The van der Waals surface area contributed by atoms with Gasteiger partial charge in [-0.05, 0) is 42.9 Å². The van der Waals surface area contributed by atoms with E-state index in [1.165, 1.54) is 11.1 Å². The summed E-state index contributed by atoms with van der Waals surface area (Å²) in [5.41, 5.74) is 4.94. The van der Waals surface area contributed by atoms with Gasteiger partial charge in [-0.2, -0.15) is 5.10 Å². The molecule has 7 nitrogen and oxygen atoms in total. The van der Waals surface area contributed by atoms with E-state index in [1.54, 1.807) is 17.1 Å². The summed E-state index contributed by atoms with van der Waals surface area (Å²) in [6.45, 7) is 2.52. The van der Waals surface area contributed by atoms with Crippen LogP contribution in [-0.4, -0.2) is 30.7 Å².